The lowest BCUT2D eigenvalue weighted by Crippen LogP contribution is -2.38. The molecule has 2 aliphatic rings. The van der Waals surface area contributed by atoms with Gasteiger partial charge in [0.2, 0.25) is 5.95 Å². The molecule has 4 rings (SSSR count). The van der Waals surface area contributed by atoms with Crippen LogP contribution in [0.4, 0.5) is 23.9 Å². The Bertz CT molecular complexity index is 965. The number of amides is 1. The predicted molar refractivity (Wildman–Crippen MR) is 113 cm³/mol. The molecule has 2 aromatic rings. The number of alkyl halides is 3. The number of rotatable bonds is 5. The topological polar surface area (TPSA) is 88.6 Å². The minimum Gasteiger partial charge on any atom is -0.381 e. The van der Waals surface area contributed by atoms with Crippen LogP contribution in [0.1, 0.15) is 48.2 Å². The van der Waals surface area contributed by atoms with Gasteiger partial charge in [0, 0.05) is 32.0 Å². The Morgan fingerprint density at radius 3 is 2.67 bits per heavy atom. The lowest BCUT2D eigenvalue weighted by Gasteiger charge is -2.28. The largest absolute Gasteiger partial charge is 0.426 e. The minimum atomic E-state index is -4.40. The molecular formula is C22H26F3N5O3. The Labute approximate surface area is 189 Å². The first-order chi connectivity index (χ1) is 15.8. The minimum absolute atomic E-state index is 0.269. The molecule has 3 heterocycles. The Morgan fingerprint density at radius 2 is 1.97 bits per heavy atom. The Morgan fingerprint density at radius 1 is 1.24 bits per heavy atom. The van der Waals surface area contributed by atoms with Gasteiger partial charge in [-0.1, -0.05) is 12.1 Å². The molecule has 2 aliphatic heterocycles. The average Bonchev–Trinajstić information content (AvgIpc) is 2.79. The van der Waals surface area contributed by atoms with Crippen LogP contribution in [0.2, 0.25) is 0 Å². The maximum Gasteiger partial charge on any atom is 0.426 e. The number of carbonyl (C=O) groups is 1. The van der Waals surface area contributed by atoms with Crippen molar-refractivity contribution in [3.8, 4) is 0 Å². The molecule has 33 heavy (non-hydrogen) atoms. The molecule has 0 aliphatic carbocycles. The summed E-state index contributed by atoms with van der Waals surface area (Å²) >= 11 is 0. The van der Waals surface area contributed by atoms with Crippen LogP contribution in [0, 0.1) is 0 Å². The van der Waals surface area contributed by atoms with Gasteiger partial charge in [-0.3, -0.25) is 0 Å². The molecule has 1 saturated heterocycles. The van der Waals surface area contributed by atoms with Gasteiger partial charge in [0.15, 0.2) is 0 Å². The molecule has 2 N–H and O–H groups in total. The number of halogens is 3. The maximum absolute atomic E-state index is 12.7. The summed E-state index contributed by atoms with van der Waals surface area (Å²) in [5.74, 6) is 0.544. The zero-order valence-electron chi connectivity index (χ0n) is 18.2. The second kappa shape index (κ2) is 9.92. The van der Waals surface area contributed by atoms with Gasteiger partial charge in [0.25, 0.3) is 0 Å². The number of ether oxygens (including phenoxy) is 1. The summed E-state index contributed by atoms with van der Waals surface area (Å²) in [7, 11) is 0. The van der Waals surface area contributed by atoms with Crippen LogP contribution in [0.5, 0.6) is 0 Å². The van der Waals surface area contributed by atoms with Gasteiger partial charge >= 0.3 is 12.3 Å². The van der Waals surface area contributed by atoms with Crippen molar-refractivity contribution in [1.29, 1.82) is 0 Å². The van der Waals surface area contributed by atoms with E-state index in [1.807, 2.05) is 0 Å². The summed E-state index contributed by atoms with van der Waals surface area (Å²) in [4.78, 5) is 26.8. The van der Waals surface area contributed by atoms with Crippen molar-refractivity contribution in [3.63, 3.8) is 0 Å². The van der Waals surface area contributed by atoms with E-state index in [1.54, 1.807) is 13.1 Å². The van der Waals surface area contributed by atoms with Crippen molar-refractivity contribution in [2.24, 2.45) is 0 Å². The van der Waals surface area contributed by atoms with Gasteiger partial charge in [-0.25, -0.2) is 14.8 Å². The highest BCUT2D eigenvalue weighted by atomic mass is 19.4. The smallest absolute Gasteiger partial charge is 0.381 e. The lowest BCUT2D eigenvalue weighted by atomic mass is 10.1. The first-order valence-electron chi connectivity index (χ1n) is 10.9. The molecular weight excluding hydrogens is 439 g/mol. The van der Waals surface area contributed by atoms with Crippen LogP contribution in [0.3, 0.4) is 0 Å². The van der Waals surface area contributed by atoms with Gasteiger partial charge in [-0.2, -0.15) is 13.2 Å². The van der Waals surface area contributed by atoms with Gasteiger partial charge in [0.05, 0.1) is 23.8 Å². The third-order valence-electron chi connectivity index (χ3n) is 5.75. The van der Waals surface area contributed by atoms with Crippen LogP contribution in [0.15, 0.2) is 30.5 Å². The van der Waals surface area contributed by atoms with Crippen LogP contribution in [-0.4, -0.2) is 46.9 Å². The highest BCUT2D eigenvalue weighted by Gasteiger charge is 2.30. The molecule has 11 heteroatoms. The fraction of sp³-hybridized carbons (Fsp3) is 0.500. The number of nitrogens with zero attached hydrogens (tertiary/aromatic N) is 3. The molecule has 8 nitrogen and oxygen atoms in total. The van der Waals surface area contributed by atoms with E-state index >= 15 is 0 Å². The van der Waals surface area contributed by atoms with Crippen molar-refractivity contribution in [2.45, 2.75) is 51.0 Å². The molecule has 1 fully saturated rings. The molecule has 1 atom stereocenters. The monoisotopic (exact) mass is 465 g/mol. The molecule has 0 saturated carbocycles. The number of benzene rings is 1. The molecule has 0 bridgehead atoms. The third-order valence-corrected chi connectivity index (χ3v) is 5.75. The van der Waals surface area contributed by atoms with Crippen molar-refractivity contribution in [3.05, 3.63) is 52.8 Å². The highest BCUT2D eigenvalue weighted by molar-refractivity contribution is 5.67. The fourth-order valence-electron chi connectivity index (χ4n) is 3.82. The zero-order chi connectivity index (χ0) is 23.4. The molecule has 1 amide bonds. The second-order valence-electron chi connectivity index (χ2n) is 8.17. The fourth-order valence-corrected chi connectivity index (χ4v) is 3.82. The van der Waals surface area contributed by atoms with Gasteiger partial charge in [-0.15, -0.1) is 5.06 Å². The Hall–Kier alpha value is -2.92. The van der Waals surface area contributed by atoms with E-state index in [-0.39, 0.29) is 6.04 Å². The summed E-state index contributed by atoms with van der Waals surface area (Å²) in [6.45, 7) is 3.92. The lowest BCUT2D eigenvalue weighted by molar-refractivity contribution is -0.137. The van der Waals surface area contributed by atoms with Gasteiger partial charge in [0.1, 0.15) is 0 Å². The van der Waals surface area contributed by atoms with E-state index in [1.165, 1.54) is 17.2 Å². The van der Waals surface area contributed by atoms with E-state index in [0.717, 1.165) is 36.2 Å². The summed E-state index contributed by atoms with van der Waals surface area (Å²) in [5, 5.41) is 7.50. The number of aromatic nitrogens is 2. The van der Waals surface area contributed by atoms with E-state index in [4.69, 9.17) is 9.57 Å². The number of fused-ring (bicyclic) bond motifs is 1. The first-order valence-corrected chi connectivity index (χ1v) is 10.9. The number of hydroxylamine groups is 2. The highest BCUT2D eigenvalue weighted by Crippen LogP contribution is 2.30. The SMILES string of the molecule is C[C@@H](NC(=O)ON1CCc2cnc(NC3CCOCC3)nc2C1)c1ccc(C(F)(F)F)cc1. The van der Waals surface area contributed by atoms with Gasteiger partial charge < -0.3 is 20.2 Å². The number of hydrogen-bond donors (Lipinski definition) is 2. The van der Waals surface area contributed by atoms with Crippen LogP contribution in [-0.2, 0) is 28.7 Å². The van der Waals surface area contributed by atoms with E-state index in [9.17, 15) is 18.0 Å². The molecule has 0 unspecified atom stereocenters. The van der Waals surface area contributed by atoms with Crippen molar-refractivity contribution in [1.82, 2.24) is 20.3 Å². The van der Waals surface area contributed by atoms with Crippen molar-refractivity contribution >= 4 is 12.0 Å². The summed E-state index contributed by atoms with van der Waals surface area (Å²) < 4.78 is 43.5. The quantitative estimate of drug-likeness (QED) is 0.694. The molecule has 0 spiro atoms. The van der Waals surface area contributed by atoms with E-state index in [2.05, 4.69) is 20.6 Å². The Balaban J connectivity index is 1.31. The first kappa shape index (κ1) is 23.2. The molecule has 0 radical (unpaired) electrons. The van der Waals surface area contributed by atoms with E-state index < -0.39 is 23.9 Å². The van der Waals surface area contributed by atoms with Crippen molar-refractivity contribution < 1.29 is 27.5 Å². The van der Waals surface area contributed by atoms with Crippen LogP contribution >= 0.6 is 0 Å². The summed E-state index contributed by atoms with van der Waals surface area (Å²) in [6.07, 6.45) is -0.856. The number of carbonyl (C=O) groups excluding carboxylic acids is 1. The summed E-state index contributed by atoms with van der Waals surface area (Å²) in [5.41, 5.74) is 1.60. The molecule has 1 aromatic carbocycles. The maximum atomic E-state index is 12.7. The number of hydrogen-bond acceptors (Lipinski definition) is 7. The van der Waals surface area contributed by atoms with Crippen LogP contribution < -0.4 is 10.6 Å². The zero-order valence-corrected chi connectivity index (χ0v) is 18.2. The number of nitrogens with one attached hydrogen (secondary N) is 2. The second-order valence-corrected chi connectivity index (χ2v) is 8.17. The van der Waals surface area contributed by atoms with Crippen LogP contribution in [0.25, 0.3) is 0 Å². The normalized spacial score (nSPS) is 18.3. The Kier molecular flexibility index (Phi) is 6.99. The van der Waals surface area contributed by atoms with Crippen molar-refractivity contribution in [2.75, 3.05) is 25.1 Å². The average molecular weight is 465 g/mol. The standard InChI is InChI=1S/C22H26F3N5O3/c1-14(15-2-4-17(5-3-15)22(23,24)25)27-21(31)33-30-9-6-16-12-26-20(29-19(16)13-30)28-18-7-10-32-11-8-18/h2-5,12,14,18H,6-11,13H2,1H3,(H,27,31)(H,26,28,29)/t14-/m1/s1. The third kappa shape index (κ3) is 6.11. The number of anilines is 1. The molecule has 178 valence electrons. The molecule has 1 aromatic heterocycles. The van der Waals surface area contributed by atoms with E-state index in [0.29, 0.717) is 44.2 Å². The van der Waals surface area contributed by atoms with Gasteiger partial charge in [-0.05, 0) is 49.4 Å². The summed E-state index contributed by atoms with van der Waals surface area (Å²) in [6, 6.07) is 4.42. The predicted octanol–water partition coefficient (Wildman–Crippen LogP) is 3.85.